The number of carbonyl (C=O) groups is 2. The van der Waals surface area contributed by atoms with Crippen molar-refractivity contribution >= 4 is 23.4 Å². The molecule has 2 aromatic carbocycles. The van der Waals surface area contributed by atoms with Gasteiger partial charge in [0, 0.05) is 25.6 Å². The molecule has 1 aliphatic heterocycles. The van der Waals surface area contributed by atoms with E-state index >= 15 is 0 Å². The molecule has 0 aliphatic carbocycles. The van der Waals surface area contributed by atoms with E-state index in [1.807, 2.05) is 6.07 Å². The highest BCUT2D eigenvalue weighted by Gasteiger charge is 2.40. The number of halogens is 2. The summed E-state index contributed by atoms with van der Waals surface area (Å²) in [6, 6.07) is 13.1. The molecule has 1 saturated heterocycles. The zero-order chi connectivity index (χ0) is 21.0. The van der Waals surface area contributed by atoms with Gasteiger partial charge in [0.1, 0.15) is 5.82 Å². The third kappa shape index (κ3) is 5.15. The van der Waals surface area contributed by atoms with Crippen LogP contribution in [0.4, 0.5) is 4.39 Å². The van der Waals surface area contributed by atoms with Crippen LogP contribution in [0.2, 0.25) is 5.02 Å². The average molecular weight is 417 g/mol. The number of rotatable bonds is 6. The number of amides is 2. The van der Waals surface area contributed by atoms with Gasteiger partial charge in [-0.3, -0.25) is 9.59 Å². The molecule has 0 radical (unpaired) electrons. The molecule has 2 aromatic rings. The summed E-state index contributed by atoms with van der Waals surface area (Å²) in [5.74, 6) is -0.885. The zero-order valence-corrected chi connectivity index (χ0v) is 17.5. The molecule has 0 unspecified atom stereocenters. The molecule has 3 rings (SSSR count). The van der Waals surface area contributed by atoms with Crippen molar-refractivity contribution in [3.05, 3.63) is 70.5 Å². The van der Waals surface area contributed by atoms with Crippen molar-refractivity contribution in [2.75, 3.05) is 19.6 Å². The fourth-order valence-corrected chi connectivity index (χ4v) is 3.95. The molecule has 2 amide bonds. The van der Waals surface area contributed by atoms with E-state index < -0.39 is 5.92 Å². The lowest BCUT2D eigenvalue weighted by atomic mass is 9.88. The Morgan fingerprint density at radius 1 is 1.17 bits per heavy atom. The van der Waals surface area contributed by atoms with Gasteiger partial charge in [-0.15, -0.1) is 0 Å². The lowest BCUT2D eigenvalue weighted by Gasteiger charge is -2.18. The maximum atomic E-state index is 13.8. The van der Waals surface area contributed by atoms with E-state index in [0.717, 1.165) is 12.0 Å². The van der Waals surface area contributed by atoms with Crippen LogP contribution in [0.5, 0.6) is 0 Å². The van der Waals surface area contributed by atoms with Crippen LogP contribution in [0.3, 0.4) is 0 Å². The topological polar surface area (TPSA) is 49.4 Å². The monoisotopic (exact) mass is 416 g/mol. The van der Waals surface area contributed by atoms with Gasteiger partial charge in [0.25, 0.3) is 5.91 Å². The van der Waals surface area contributed by atoms with Crippen LogP contribution in [0.1, 0.15) is 42.1 Å². The predicted octanol–water partition coefficient (Wildman–Crippen LogP) is 4.50. The quantitative estimate of drug-likeness (QED) is 0.753. The highest BCUT2D eigenvalue weighted by Crippen LogP contribution is 2.34. The Labute approximate surface area is 176 Å². The van der Waals surface area contributed by atoms with Crippen LogP contribution in [0.15, 0.2) is 48.5 Å². The SMILES string of the molecule is CC(C)CCNC(=O)[C@@H]1CN(C(=O)c2ccccc2Cl)C[C@@H]1c1cccc(F)c1. The number of carbonyl (C=O) groups excluding carboxylic acids is 2. The molecule has 6 heteroatoms. The average Bonchev–Trinajstić information content (AvgIpc) is 3.13. The van der Waals surface area contributed by atoms with Crippen molar-refractivity contribution in [2.45, 2.75) is 26.2 Å². The van der Waals surface area contributed by atoms with Crippen molar-refractivity contribution in [3.63, 3.8) is 0 Å². The van der Waals surface area contributed by atoms with E-state index in [1.165, 1.54) is 12.1 Å². The van der Waals surface area contributed by atoms with Gasteiger partial charge in [0.05, 0.1) is 16.5 Å². The summed E-state index contributed by atoms with van der Waals surface area (Å²) in [7, 11) is 0. The summed E-state index contributed by atoms with van der Waals surface area (Å²) in [6.45, 7) is 5.40. The number of hydrogen-bond acceptors (Lipinski definition) is 2. The fraction of sp³-hybridized carbons (Fsp3) is 0.391. The van der Waals surface area contributed by atoms with Gasteiger partial charge in [-0.05, 0) is 42.2 Å². The summed E-state index contributed by atoms with van der Waals surface area (Å²) >= 11 is 6.19. The highest BCUT2D eigenvalue weighted by atomic mass is 35.5. The minimum Gasteiger partial charge on any atom is -0.356 e. The number of hydrogen-bond donors (Lipinski definition) is 1. The lowest BCUT2D eigenvalue weighted by molar-refractivity contribution is -0.124. The maximum Gasteiger partial charge on any atom is 0.255 e. The second-order valence-electron chi connectivity index (χ2n) is 7.93. The summed E-state index contributed by atoms with van der Waals surface area (Å²) in [6.07, 6.45) is 0.880. The summed E-state index contributed by atoms with van der Waals surface area (Å²) < 4.78 is 13.8. The maximum absolute atomic E-state index is 13.8. The Bertz CT molecular complexity index is 887. The first kappa shape index (κ1) is 21.3. The van der Waals surface area contributed by atoms with E-state index in [9.17, 15) is 14.0 Å². The van der Waals surface area contributed by atoms with Gasteiger partial charge < -0.3 is 10.2 Å². The Morgan fingerprint density at radius 3 is 2.62 bits per heavy atom. The van der Waals surface area contributed by atoms with Crippen molar-refractivity contribution in [1.82, 2.24) is 10.2 Å². The van der Waals surface area contributed by atoms with E-state index in [0.29, 0.717) is 29.6 Å². The Hall–Kier alpha value is -2.40. The molecular formula is C23H26ClFN2O2. The third-order valence-corrected chi connectivity index (χ3v) is 5.68. The van der Waals surface area contributed by atoms with Crippen LogP contribution < -0.4 is 5.32 Å². The van der Waals surface area contributed by atoms with Gasteiger partial charge in [-0.25, -0.2) is 4.39 Å². The first-order valence-electron chi connectivity index (χ1n) is 9.93. The molecule has 1 N–H and O–H groups in total. The van der Waals surface area contributed by atoms with Crippen molar-refractivity contribution in [3.8, 4) is 0 Å². The molecule has 154 valence electrons. The summed E-state index contributed by atoms with van der Waals surface area (Å²) in [4.78, 5) is 27.6. The van der Waals surface area contributed by atoms with E-state index in [-0.39, 0.29) is 30.1 Å². The van der Waals surface area contributed by atoms with Crippen molar-refractivity contribution in [2.24, 2.45) is 11.8 Å². The minimum absolute atomic E-state index is 0.102. The molecule has 29 heavy (non-hydrogen) atoms. The van der Waals surface area contributed by atoms with Crippen LogP contribution in [0, 0.1) is 17.7 Å². The predicted molar refractivity (Wildman–Crippen MR) is 112 cm³/mol. The van der Waals surface area contributed by atoms with Crippen LogP contribution in [0.25, 0.3) is 0 Å². The fourth-order valence-electron chi connectivity index (χ4n) is 3.73. The lowest BCUT2D eigenvalue weighted by Crippen LogP contribution is -2.36. The molecule has 1 fully saturated rings. The summed E-state index contributed by atoms with van der Waals surface area (Å²) in [5, 5.41) is 3.36. The highest BCUT2D eigenvalue weighted by molar-refractivity contribution is 6.33. The summed E-state index contributed by atoms with van der Waals surface area (Å²) in [5.41, 5.74) is 1.14. The van der Waals surface area contributed by atoms with Gasteiger partial charge in [0.15, 0.2) is 0 Å². The molecule has 2 atom stereocenters. The number of benzene rings is 2. The van der Waals surface area contributed by atoms with Gasteiger partial charge in [0.2, 0.25) is 5.91 Å². The minimum atomic E-state index is -0.435. The molecule has 0 saturated carbocycles. The van der Waals surface area contributed by atoms with Crippen molar-refractivity contribution < 1.29 is 14.0 Å². The van der Waals surface area contributed by atoms with E-state index in [4.69, 9.17) is 11.6 Å². The molecule has 1 aliphatic rings. The van der Waals surface area contributed by atoms with E-state index in [1.54, 1.807) is 35.2 Å². The Balaban J connectivity index is 1.82. The number of nitrogens with one attached hydrogen (secondary N) is 1. The number of likely N-dealkylation sites (tertiary alicyclic amines) is 1. The first-order valence-corrected chi connectivity index (χ1v) is 10.3. The molecule has 0 aromatic heterocycles. The molecular weight excluding hydrogens is 391 g/mol. The first-order chi connectivity index (χ1) is 13.9. The molecule has 0 bridgehead atoms. The zero-order valence-electron chi connectivity index (χ0n) is 16.7. The van der Waals surface area contributed by atoms with Gasteiger partial charge in [-0.1, -0.05) is 49.7 Å². The molecule has 1 heterocycles. The molecule has 4 nitrogen and oxygen atoms in total. The van der Waals surface area contributed by atoms with Gasteiger partial charge >= 0.3 is 0 Å². The standard InChI is InChI=1S/C23H26ClFN2O2/c1-15(2)10-11-26-22(28)20-14-27(23(29)18-8-3-4-9-21(18)24)13-19(20)16-6-5-7-17(25)12-16/h3-9,12,15,19-20H,10-11,13-14H2,1-2H3,(H,26,28)/t19-,20-/m1/s1. The largest absolute Gasteiger partial charge is 0.356 e. The Kier molecular flexibility index (Phi) is 6.91. The Morgan fingerprint density at radius 2 is 1.93 bits per heavy atom. The van der Waals surface area contributed by atoms with Gasteiger partial charge in [-0.2, -0.15) is 0 Å². The second-order valence-corrected chi connectivity index (χ2v) is 8.34. The van der Waals surface area contributed by atoms with E-state index in [2.05, 4.69) is 19.2 Å². The normalized spacial score (nSPS) is 18.9. The smallest absolute Gasteiger partial charge is 0.255 e. The van der Waals surface area contributed by atoms with Crippen molar-refractivity contribution in [1.29, 1.82) is 0 Å². The second kappa shape index (κ2) is 9.40. The number of nitrogens with zero attached hydrogens (tertiary/aromatic N) is 1. The third-order valence-electron chi connectivity index (χ3n) is 5.35. The molecule has 0 spiro atoms. The van der Waals surface area contributed by atoms with Crippen LogP contribution >= 0.6 is 11.6 Å². The van der Waals surface area contributed by atoms with Crippen LogP contribution in [-0.4, -0.2) is 36.3 Å². The van der Waals surface area contributed by atoms with Crippen LogP contribution in [-0.2, 0) is 4.79 Å².